The van der Waals surface area contributed by atoms with Gasteiger partial charge in [0.1, 0.15) is 0 Å². The molecule has 6 rings (SSSR count). The zero-order chi connectivity index (χ0) is 20.9. The fourth-order valence-electron chi connectivity index (χ4n) is 6.41. The fourth-order valence-corrected chi connectivity index (χ4v) is 10.3. The topological polar surface area (TPSA) is 0 Å². The smallest absolute Gasteiger partial charge is 1.00 e. The molecule has 4 heteroatoms. The second kappa shape index (κ2) is 15.3. The van der Waals surface area contributed by atoms with Crippen LogP contribution in [0.25, 0.3) is 10.8 Å². The van der Waals surface area contributed by atoms with Crippen molar-refractivity contribution in [3.05, 3.63) is 67.1 Å². The first-order valence-electron chi connectivity index (χ1n) is 13.0. The Bertz CT molecular complexity index is 823. The van der Waals surface area contributed by atoms with Gasteiger partial charge >= 0.3 is 21.7 Å². The Hall–Kier alpha value is 0.0343. The summed E-state index contributed by atoms with van der Waals surface area (Å²) >= 11 is 0. The van der Waals surface area contributed by atoms with Crippen LogP contribution in [-0.4, -0.2) is 11.3 Å². The van der Waals surface area contributed by atoms with Crippen LogP contribution in [-0.2, 0) is 21.7 Å². The summed E-state index contributed by atoms with van der Waals surface area (Å²) in [4.78, 5) is 0. The van der Waals surface area contributed by atoms with Crippen molar-refractivity contribution in [3.63, 3.8) is 0 Å². The molecule has 2 aromatic rings. The van der Waals surface area contributed by atoms with Crippen LogP contribution in [0.4, 0.5) is 0 Å². The van der Waals surface area contributed by atoms with Crippen molar-refractivity contribution in [1.29, 1.82) is 0 Å². The van der Waals surface area contributed by atoms with Crippen LogP contribution in [0.15, 0.2) is 60.7 Å². The molecule has 34 heavy (non-hydrogen) atoms. The van der Waals surface area contributed by atoms with Crippen molar-refractivity contribution in [3.8, 4) is 0 Å². The Kier molecular flexibility index (Phi) is 13.6. The van der Waals surface area contributed by atoms with Gasteiger partial charge in [0.05, 0.1) is 0 Å². The number of halogens is 2. The maximum atomic E-state index is 2.55. The molecule has 2 aromatic carbocycles. The molecule has 0 radical (unpaired) electrons. The minimum absolute atomic E-state index is 0. The van der Waals surface area contributed by atoms with Gasteiger partial charge < -0.3 is 31.2 Å². The van der Waals surface area contributed by atoms with Crippen LogP contribution < -0.4 is 30.1 Å². The first kappa shape index (κ1) is 30.3. The van der Waals surface area contributed by atoms with Crippen LogP contribution in [0.1, 0.15) is 77.0 Å². The zero-order valence-corrected chi connectivity index (χ0v) is 24.3. The first-order valence-corrected chi connectivity index (χ1v) is 14.5. The molecule has 0 saturated heterocycles. The van der Waals surface area contributed by atoms with Gasteiger partial charge in [-0.15, -0.1) is 52.3 Å². The summed E-state index contributed by atoms with van der Waals surface area (Å²) in [6.45, 7) is 0. The molecule has 2 unspecified atom stereocenters. The normalized spacial score (nSPS) is 24.4. The van der Waals surface area contributed by atoms with Crippen molar-refractivity contribution in [2.45, 2.75) is 88.4 Å². The standard InChI is InChI=1S/C21H28P.C9H11.2ClH.Ti/c1-3-11-19(12-4-1)22(20-13-5-2-6-14-20)21-15-17-9-7-8-10-18(17)16-21;1-2-5-9-7-3-6-8(9)4-1;;;/h7-10,15-16,19-20H,1-6,11-14H2;1-2,4-6,8-9H,3,7H2;2*1H;/q2*-1;;;+4/p-2. The number of hydrogen-bond acceptors (Lipinski definition) is 0. The summed E-state index contributed by atoms with van der Waals surface area (Å²) < 4.78 is 0. The van der Waals surface area contributed by atoms with Gasteiger partial charge in [0.15, 0.2) is 0 Å². The van der Waals surface area contributed by atoms with Gasteiger partial charge in [-0.05, 0) is 42.9 Å². The van der Waals surface area contributed by atoms with Crippen molar-refractivity contribution >= 4 is 24.0 Å². The number of fused-ring (bicyclic) bond motifs is 2. The van der Waals surface area contributed by atoms with Crippen molar-refractivity contribution in [1.82, 2.24) is 0 Å². The Morgan fingerprint density at radius 2 is 1.35 bits per heavy atom. The predicted molar refractivity (Wildman–Crippen MR) is 139 cm³/mol. The Morgan fingerprint density at radius 3 is 1.97 bits per heavy atom. The number of allylic oxidation sites excluding steroid dienone is 4. The molecule has 0 amide bonds. The average molecular weight is 549 g/mol. The summed E-state index contributed by atoms with van der Waals surface area (Å²) in [6.07, 6.45) is 29.0. The van der Waals surface area contributed by atoms with E-state index in [1.54, 1.807) is 5.30 Å². The summed E-state index contributed by atoms with van der Waals surface area (Å²) in [5.41, 5.74) is 2.03. The molecule has 3 saturated carbocycles. The molecule has 0 N–H and O–H groups in total. The van der Waals surface area contributed by atoms with Gasteiger partial charge in [0, 0.05) is 0 Å². The number of rotatable bonds is 3. The van der Waals surface area contributed by atoms with Crippen LogP contribution in [0, 0.1) is 18.3 Å². The third-order valence-electron chi connectivity index (χ3n) is 8.07. The number of benzene rings is 1. The van der Waals surface area contributed by atoms with E-state index in [2.05, 4.69) is 67.1 Å². The van der Waals surface area contributed by atoms with Crippen molar-refractivity contribution in [2.75, 3.05) is 0 Å². The van der Waals surface area contributed by atoms with E-state index in [4.69, 9.17) is 0 Å². The molecule has 182 valence electrons. The van der Waals surface area contributed by atoms with Crippen LogP contribution >= 0.6 is 7.92 Å². The zero-order valence-electron chi connectivity index (χ0n) is 20.3. The summed E-state index contributed by atoms with van der Waals surface area (Å²) in [7, 11) is 0.0611. The van der Waals surface area contributed by atoms with Gasteiger partial charge in [0.25, 0.3) is 0 Å². The maximum Gasteiger partial charge on any atom is 4.00 e. The van der Waals surface area contributed by atoms with E-state index in [0.29, 0.717) is 0 Å². The molecule has 0 spiro atoms. The third-order valence-corrected chi connectivity index (χ3v) is 11.5. The second-order valence-electron chi connectivity index (χ2n) is 10.2. The summed E-state index contributed by atoms with van der Waals surface area (Å²) in [5.74, 6) is 1.62. The molecule has 2 atom stereocenters. The molecular weight excluding hydrogens is 510 g/mol. The Balaban J connectivity index is 0.000000290. The molecule has 0 aromatic heterocycles. The second-order valence-corrected chi connectivity index (χ2v) is 12.9. The monoisotopic (exact) mass is 548 g/mol. The van der Waals surface area contributed by atoms with E-state index in [0.717, 1.165) is 23.2 Å². The molecule has 4 aliphatic rings. The van der Waals surface area contributed by atoms with E-state index in [1.807, 2.05) is 0 Å². The molecule has 0 heterocycles. The summed E-state index contributed by atoms with van der Waals surface area (Å²) in [5, 5.41) is 4.67. The molecular formula is C30H39Cl2PTi. The van der Waals surface area contributed by atoms with Crippen molar-refractivity contribution in [2.24, 2.45) is 11.8 Å². The molecule has 3 fully saturated rings. The Morgan fingerprint density at radius 1 is 0.735 bits per heavy atom. The molecule has 0 bridgehead atoms. The third kappa shape index (κ3) is 7.52. The van der Waals surface area contributed by atoms with Crippen molar-refractivity contribution < 1.29 is 46.5 Å². The van der Waals surface area contributed by atoms with E-state index < -0.39 is 0 Å². The van der Waals surface area contributed by atoms with Gasteiger partial charge in [-0.25, -0.2) is 0 Å². The van der Waals surface area contributed by atoms with E-state index in [9.17, 15) is 0 Å². The largest absolute Gasteiger partial charge is 4.00 e. The van der Waals surface area contributed by atoms with Gasteiger partial charge in [-0.3, -0.25) is 0 Å². The maximum absolute atomic E-state index is 2.55. The van der Waals surface area contributed by atoms with E-state index in [1.165, 1.54) is 87.8 Å². The predicted octanol–water partition coefficient (Wildman–Crippen LogP) is 2.68. The molecule has 4 aliphatic carbocycles. The molecule has 0 nitrogen and oxygen atoms in total. The SMILES string of the molecule is C1=CC2[CH-]CCC2C=C1.[Cl-].[Cl-].[Ti+4].c1ccc2[cH-]c(P(C3CCCCC3)C3CCCCC3)cc2c1. The minimum Gasteiger partial charge on any atom is -1.00 e. The number of hydrogen-bond donors (Lipinski definition) is 0. The fraction of sp³-hybridized carbons (Fsp3) is 0.533. The first-order chi connectivity index (χ1) is 15.4. The summed E-state index contributed by atoms with van der Waals surface area (Å²) in [6, 6.07) is 14.1. The van der Waals surface area contributed by atoms with Crippen LogP contribution in [0.3, 0.4) is 0 Å². The minimum atomic E-state index is 0. The molecule has 0 aliphatic heterocycles. The van der Waals surface area contributed by atoms with Gasteiger partial charge in [0.2, 0.25) is 0 Å². The Labute approximate surface area is 236 Å². The van der Waals surface area contributed by atoms with Crippen LogP contribution in [0.2, 0.25) is 0 Å². The van der Waals surface area contributed by atoms with Gasteiger partial charge in [-0.2, -0.15) is 12.5 Å². The van der Waals surface area contributed by atoms with E-state index in [-0.39, 0.29) is 54.5 Å². The van der Waals surface area contributed by atoms with Crippen LogP contribution in [0.5, 0.6) is 0 Å². The quantitative estimate of drug-likeness (QED) is 0.314. The van der Waals surface area contributed by atoms with E-state index >= 15 is 0 Å². The average Bonchev–Trinajstić information content (AvgIpc) is 3.48. The van der Waals surface area contributed by atoms with Gasteiger partial charge in [-0.1, -0.05) is 77.2 Å².